The van der Waals surface area contributed by atoms with Crippen molar-refractivity contribution >= 4 is 22.5 Å². The van der Waals surface area contributed by atoms with Crippen molar-refractivity contribution in [3.05, 3.63) is 82.1 Å². The zero-order valence-corrected chi connectivity index (χ0v) is 18.3. The minimum absolute atomic E-state index is 0.161. The molecule has 1 N–H and O–H groups in total. The highest BCUT2D eigenvalue weighted by molar-refractivity contribution is 6.31. The molecule has 0 fully saturated rings. The van der Waals surface area contributed by atoms with E-state index in [1.807, 2.05) is 36.4 Å². The van der Waals surface area contributed by atoms with Crippen molar-refractivity contribution in [3.8, 4) is 34.3 Å². The number of tetrazole rings is 1. The molecule has 0 bridgehead atoms. The summed E-state index contributed by atoms with van der Waals surface area (Å²) in [5.74, 6) is 1.08. The molecule has 166 valence electrons. The quantitative estimate of drug-likeness (QED) is 0.399. The Balaban J connectivity index is 1.40. The summed E-state index contributed by atoms with van der Waals surface area (Å²) in [7, 11) is 0. The van der Waals surface area contributed by atoms with Crippen molar-refractivity contribution in [1.29, 1.82) is 5.26 Å². The predicted octanol–water partition coefficient (Wildman–Crippen LogP) is 3.24. The molecule has 5 aromatic rings. The van der Waals surface area contributed by atoms with E-state index in [0.29, 0.717) is 27.5 Å². The second-order valence-electron chi connectivity index (χ2n) is 7.25. The number of H-pyrrole nitrogens is 1. The van der Waals surface area contributed by atoms with Gasteiger partial charge in [0.2, 0.25) is 5.82 Å². The molecule has 0 aliphatic rings. The second-order valence-corrected chi connectivity index (χ2v) is 7.68. The average Bonchev–Trinajstić information content (AvgIpc) is 3.41. The van der Waals surface area contributed by atoms with E-state index in [2.05, 4.69) is 30.6 Å². The Hall–Kier alpha value is -4.62. The third-order valence-corrected chi connectivity index (χ3v) is 5.37. The monoisotopic (exact) mass is 470 g/mol. The number of nitrogens with one attached hydrogen (secondary N) is 1. The lowest BCUT2D eigenvalue weighted by atomic mass is 10.0. The zero-order valence-electron chi connectivity index (χ0n) is 17.5. The van der Waals surface area contributed by atoms with E-state index in [4.69, 9.17) is 21.6 Å². The first-order valence-electron chi connectivity index (χ1n) is 10.1. The van der Waals surface area contributed by atoms with E-state index in [0.717, 1.165) is 16.7 Å². The highest BCUT2D eigenvalue weighted by Crippen LogP contribution is 2.34. The zero-order chi connectivity index (χ0) is 23.5. The molecular weight excluding hydrogens is 456 g/mol. The third kappa shape index (κ3) is 4.20. The highest BCUT2D eigenvalue weighted by atomic mass is 35.5. The van der Waals surface area contributed by atoms with Gasteiger partial charge >= 0.3 is 0 Å². The minimum Gasteiger partial charge on any atom is -0.491 e. The largest absolute Gasteiger partial charge is 0.491 e. The maximum absolute atomic E-state index is 12.8. The average molecular weight is 471 g/mol. The fourth-order valence-corrected chi connectivity index (χ4v) is 3.67. The van der Waals surface area contributed by atoms with Crippen LogP contribution in [0.25, 0.3) is 33.4 Å². The van der Waals surface area contributed by atoms with Crippen LogP contribution in [-0.2, 0) is 6.54 Å². The standard InChI is InChI=1S/C23H15ClN8O2/c24-16-4-5-21(18(9-16)14-2-1-3-15(8-14)22-28-30-31-29-22)34-7-6-32-13-27-20-12-26-17(11-25)10-19(20)23(32)33/h1-5,8-10,12-13H,6-7H2,(H,28,29,30,31). The molecule has 2 aromatic carbocycles. The molecule has 0 saturated heterocycles. The number of benzene rings is 2. The minimum atomic E-state index is -0.267. The van der Waals surface area contributed by atoms with Gasteiger partial charge in [0.15, 0.2) is 0 Å². The van der Waals surface area contributed by atoms with E-state index in [9.17, 15) is 4.79 Å². The van der Waals surface area contributed by atoms with Gasteiger partial charge in [-0.3, -0.25) is 9.36 Å². The summed E-state index contributed by atoms with van der Waals surface area (Å²) in [4.78, 5) is 21.0. The van der Waals surface area contributed by atoms with Crippen LogP contribution >= 0.6 is 11.6 Å². The van der Waals surface area contributed by atoms with Gasteiger partial charge in [0.25, 0.3) is 5.56 Å². The molecule has 3 heterocycles. The molecule has 34 heavy (non-hydrogen) atoms. The first-order valence-corrected chi connectivity index (χ1v) is 10.5. The second kappa shape index (κ2) is 9.09. The van der Waals surface area contributed by atoms with Gasteiger partial charge in [-0.2, -0.15) is 10.5 Å². The number of aromatic nitrogens is 7. The third-order valence-electron chi connectivity index (χ3n) is 5.13. The molecule has 0 saturated carbocycles. The lowest BCUT2D eigenvalue weighted by Gasteiger charge is -2.14. The summed E-state index contributed by atoms with van der Waals surface area (Å²) in [6.07, 6.45) is 2.86. The number of fused-ring (bicyclic) bond motifs is 1. The van der Waals surface area contributed by atoms with Crippen molar-refractivity contribution in [2.75, 3.05) is 6.61 Å². The Labute approximate surface area is 197 Å². The first kappa shape index (κ1) is 21.2. The Morgan fingerprint density at radius 3 is 2.82 bits per heavy atom. The predicted molar refractivity (Wildman–Crippen MR) is 124 cm³/mol. The first-order chi connectivity index (χ1) is 16.6. The van der Waals surface area contributed by atoms with Gasteiger partial charge in [0.05, 0.1) is 30.0 Å². The Morgan fingerprint density at radius 2 is 2.00 bits per heavy atom. The van der Waals surface area contributed by atoms with Gasteiger partial charge in [-0.25, -0.2) is 9.97 Å². The van der Waals surface area contributed by atoms with Gasteiger partial charge in [0.1, 0.15) is 24.1 Å². The number of aromatic amines is 1. The van der Waals surface area contributed by atoms with Crippen LogP contribution in [-0.4, -0.2) is 41.8 Å². The van der Waals surface area contributed by atoms with E-state index in [-0.39, 0.29) is 24.4 Å². The molecule has 0 unspecified atom stereocenters. The Morgan fingerprint density at radius 1 is 1.12 bits per heavy atom. The molecule has 11 heteroatoms. The van der Waals surface area contributed by atoms with Crippen LogP contribution in [0.5, 0.6) is 5.75 Å². The summed E-state index contributed by atoms with van der Waals surface area (Å²) >= 11 is 6.26. The van der Waals surface area contributed by atoms with Gasteiger partial charge in [-0.1, -0.05) is 29.8 Å². The lowest BCUT2D eigenvalue weighted by Crippen LogP contribution is -2.23. The van der Waals surface area contributed by atoms with Crippen molar-refractivity contribution in [2.45, 2.75) is 6.54 Å². The number of hydrogen-bond donors (Lipinski definition) is 1. The van der Waals surface area contributed by atoms with Crippen LogP contribution in [0.1, 0.15) is 5.69 Å². The van der Waals surface area contributed by atoms with E-state index in [1.54, 1.807) is 12.1 Å². The summed E-state index contributed by atoms with van der Waals surface area (Å²) < 4.78 is 7.47. The molecule has 0 spiro atoms. The van der Waals surface area contributed by atoms with Crippen LogP contribution in [0.3, 0.4) is 0 Å². The normalized spacial score (nSPS) is 10.8. The Bertz CT molecular complexity index is 1590. The molecule has 0 aliphatic heterocycles. The Kier molecular flexibility index (Phi) is 5.68. The number of rotatable bonds is 6. The number of nitrogens with zero attached hydrogens (tertiary/aromatic N) is 7. The maximum atomic E-state index is 12.8. The topological polar surface area (TPSA) is 135 Å². The highest BCUT2D eigenvalue weighted by Gasteiger charge is 2.12. The van der Waals surface area contributed by atoms with Gasteiger partial charge in [-0.05, 0) is 41.1 Å². The number of nitriles is 1. The summed E-state index contributed by atoms with van der Waals surface area (Å²) in [5, 5.41) is 24.0. The van der Waals surface area contributed by atoms with Crippen LogP contribution in [0.15, 0.2) is 65.8 Å². The number of halogens is 1. The summed E-state index contributed by atoms with van der Waals surface area (Å²) in [6.45, 7) is 0.472. The number of hydrogen-bond acceptors (Lipinski definition) is 8. The summed E-state index contributed by atoms with van der Waals surface area (Å²) in [6, 6.07) is 16.3. The SMILES string of the molecule is N#Cc1cc2c(=O)n(CCOc3ccc(Cl)cc3-c3cccc(-c4nn[nH]n4)c3)cnc2cn1. The van der Waals surface area contributed by atoms with Gasteiger partial charge < -0.3 is 4.74 Å². The van der Waals surface area contributed by atoms with E-state index in [1.165, 1.54) is 23.2 Å². The van der Waals surface area contributed by atoms with Crippen molar-refractivity contribution < 1.29 is 4.74 Å². The fourth-order valence-electron chi connectivity index (χ4n) is 3.50. The van der Waals surface area contributed by atoms with E-state index >= 15 is 0 Å². The molecule has 0 aliphatic carbocycles. The van der Waals surface area contributed by atoms with Crippen LogP contribution in [0, 0.1) is 11.3 Å². The molecule has 10 nitrogen and oxygen atoms in total. The molecule has 5 rings (SSSR count). The van der Waals surface area contributed by atoms with E-state index < -0.39 is 0 Å². The smallest absolute Gasteiger partial charge is 0.261 e. The molecule has 0 amide bonds. The molecule has 0 atom stereocenters. The van der Waals surface area contributed by atoms with Gasteiger partial charge in [-0.15, -0.1) is 10.2 Å². The maximum Gasteiger partial charge on any atom is 0.261 e. The van der Waals surface area contributed by atoms with Crippen molar-refractivity contribution in [1.82, 2.24) is 35.2 Å². The number of pyridine rings is 1. The fraction of sp³-hybridized carbons (Fsp3) is 0.0870. The number of ether oxygens (including phenoxy) is 1. The lowest BCUT2D eigenvalue weighted by molar-refractivity contribution is 0.297. The molecule has 3 aromatic heterocycles. The van der Waals surface area contributed by atoms with Crippen LogP contribution in [0.4, 0.5) is 0 Å². The van der Waals surface area contributed by atoms with Gasteiger partial charge in [0, 0.05) is 16.1 Å². The molecular formula is C23H15ClN8O2. The van der Waals surface area contributed by atoms with Crippen LogP contribution in [0.2, 0.25) is 5.02 Å². The van der Waals surface area contributed by atoms with Crippen LogP contribution < -0.4 is 10.3 Å². The molecule has 0 radical (unpaired) electrons. The summed E-state index contributed by atoms with van der Waals surface area (Å²) in [5.41, 5.74) is 2.76. The van der Waals surface area contributed by atoms with Crippen molar-refractivity contribution in [2.24, 2.45) is 0 Å². The van der Waals surface area contributed by atoms with Crippen molar-refractivity contribution in [3.63, 3.8) is 0 Å².